The Morgan fingerprint density at radius 2 is 1.64 bits per heavy atom. The zero-order valence-corrected chi connectivity index (χ0v) is 7.29. The lowest BCUT2D eigenvalue weighted by molar-refractivity contribution is -0.0572. The van der Waals surface area contributed by atoms with Gasteiger partial charge in [-0.25, -0.2) is 0 Å². The number of hydrogen-bond donors (Lipinski definition) is 0. The van der Waals surface area contributed by atoms with Gasteiger partial charge >= 0.3 is 0 Å². The lowest BCUT2D eigenvalue weighted by atomic mass is 9.65. The standard InChI is InChI=1S/C10H17N/c1-7-10-3-8-2-9(4-10)6-11(7)5-8/h7-10H,2-6H2,1H3/t7?,8-,9+,10?. The van der Waals surface area contributed by atoms with E-state index in [1.165, 1.54) is 13.1 Å². The predicted molar refractivity (Wildman–Crippen MR) is 45.4 cm³/mol. The third-order valence-corrected chi connectivity index (χ3v) is 4.18. The maximum Gasteiger partial charge on any atom is 0.00956 e. The third-order valence-electron chi connectivity index (χ3n) is 4.18. The highest BCUT2D eigenvalue weighted by atomic mass is 15.2. The first-order valence-electron chi connectivity index (χ1n) is 5.07. The quantitative estimate of drug-likeness (QED) is 0.509. The van der Waals surface area contributed by atoms with Crippen molar-refractivity contribution in [2.24, 2.45) is 17.8 Å². The molecule has 4 aliphatic rings. The highest BCUT2D eigenvalue weighted by molar-refractivity contribution is 4.97. The summed E-state index contributed by atoms with van der Waals surface area (Å²) in [6, 6.07) is 0.919. The molecule has 1 heteroatoms. The van der Waals surface area contributed by atoms with Gasteiger partial charge in [-0.3, -0.25) is 4.90 Å². The summed E-state index contributed by atoms with van der Waals surface area (Å²) in [6.07, 6.45) is 4.65. The van der Waals surface area contributed by atoms with Gasteiger partial charge < -0.3 is 0 Å². The van der Waals surface area contributed by atoms with Crippen LogP contribution < -0.4 is 0 Å². The van der Waals surface area contributed by atoms with E-state index < -0.39 is 0 Å². The van der Waals surface area contributed by atoms with Crippen molar-refractivity contribution in [1.82, 2.24) is 4.90 Å². The van der Waals surface area contributed by atoms with Gasteiger partial charge in [-0.15, -0.1) is 0 Å². The zero-order valence-electron chi connectivity index (χ0n) is 7.29. The number of hydrogen-bond acceptors (Lipinski definition) is 1. The SMILES string of the molecule is CC1C2C[C@@H]3C[C@H](C2)CN1C3. The molecule has 3 aliphatic heterocycles. The van der Waals surface area contributed by atoms with E-state index in [4.69, 9.17) is 0 Å². The second-order valence-corrected chi connectivity index (χ2v) is 4.89. The summed E-state index contributed by atoms with van der Waals surface area (Å²) in [7, 11) is 0. The van der Waals surface area contributed by atoms with E-state index in [1.54, 1.807) is 19.3 Å². The van der Waals surface area contributed by atoms with Gasteiger partial charge in [0.15, 0.2) is 0 Å². The van der Waals surface area contributed by atoms with Crippen LogP contribution in [-0.2, 0) is 0 Å². The van der Waals surface area contributed by atoms with Crippen LogP contribution in [0.3, 0.4) is 0 Å². The van der Waals surface area contributed by atoms with Crippen molar-refractivity contribution in [3.63, 3.8) is 0 Å². The summed E-state index contributed by atoms with van der Waals surface area (Å²) < 4.78 is 0. The molecular weight excluding hydrogens is 134 g/mol. The molecule has 0 aromatic rings. The Labute approximate surface area is 68.8 Å². The Hall–Kier alpha value is -0.0400. The molecule has 1 aliphatic carbocycles. The molecule has 4 fully saturated rings. The normalized spacial score (nSPS) is 60.3. The first-order valence-corrected chi connectivity index (χ1v) is 5.07. The summed E-state index contributed by atoms with van der Waals surface area (Å²) in [5, 5.41) is 0. The molecule has 62 valence electrons. The Kier molecular flexibility index (Phi) is 1.18. The molecule has 0 amide bonds. The molecule has 3 saturated heterocycles. The molecule has 3 unspecified atom stereocenters. The van der Waals surface area contributed by atoms with E-state index in [-0.39, 0.29) is 0 Å². The molecule has 0 radical (unpaired) electrons. The van der Waals surface area contributed by atoms with Crippen molar-refractivity contribution in [3.05, 3.63) is 0 Å². The molecule has 4 bridgehead atoms. The topological polar surface area (TPSA) is 3.24 Å². The van der Waals surface area contributed by atoms with Crippen LogP contribution in [0.4, 0.5) is 0 Å². The fourth-order valence-electron chi connectivity index (χ4n) is 3.68. The van der Waals surface area contributed by atoms with Gasteiger partial charge in [-0.05, 0) is 43.9 Å². The molecule has 1 saturated carbocycles. The van der Waals surface area contributed by atoms with E-state index in [0.29, 0.717) is 0 Å². The predicted octanol–water partition coefficient (Wildman–Crippen LogP) is 1.74. The maximum absolute atomic E-state index is 2.73. The highest BCUT2D eigenvalue weighted by Gasteiger charge is 2.44. The first-order chi connectivity index (χ1) is 5.33. The number of rotatable bonds is 0. The van der Waals surface area contributed by atoms with E-state index in [0.717, 1.165) is 23.8 Å². The largest absolute Gasteiger partial charge is 0.300 e. The average Bonchev–Trinajstić information content (AvgIpc) is 1.98. The molecule has 1 nitrogen and oxygen atoms in total. The van der Waals surface area contributed by atoms with Crippen LogP contribution in [0.25, 0.3) is 0 Å². The minimum Gasteiger partial charge on any atom is -0.300 e. The van der Waals surface area contributed by atoms with Gasteiger partial charge in [0.25, 0.3) is 0 Å². The van der Waals surface area contributed by atoms with Gasteiger partial charge in [0.2, 0.25) is 0 Å². The lowest BCUT2D eigenvalue weighted by Crippen LogP contribution is -2.58. The van der Waals surface area contributed by atoms with Crippen molar-refractivity contribution in [1.29, 1.82) is 0 Å². The van der Waals surface area contributed by atoms with Crippen LogP contribution in [0.2, 0.25) is 0 Å². The van der Waals surface area contributed by atoms with Crippen molar-refractivity contribution in [2.75, 3.05) is 13.1 Å². The van der Waals surface area contributed by atoms with Crippen molar-refractivity contribution in [3.8, 4) is 0 Å². The van der Waals surface area contributed by atoms with Crippen LogP contribution in [-0.4, -0.2) is 24.0 Å². The molecule has 0 spiro atoms. The second kappa shape index (κ2) is 2.01. The molecular formula is C10H17N. The summed E-state index contributed by atoms with van der Waals surface area (Å²) in [5.41, 5.74) is 0. The van der Waals surface area contributed by atoms with Gasteiger partial charge in [0.1, 0.15) is 0 Å². The molecule has 4 rings (SSSR count). The Bertz CT molecular complexity index is 148. The fourth-order valence-corrected chi connectivity index (χ4v) is 3.68. The second-order valence-electron chi connectivity index (χ2n) is 4.89. The van der Waals surface area contributed by atoms with Crippen molar-refractivity contribution >= 4 is 0 Å². The number of piperidine rings is 3. The van der Waals surface area contributed by atoms with Gasteiger partial charge in [-0.2, -0.15) is 0 Å². The van der Waals surface area contributed by atoms with E-state index in [1.807, 2.05) is 0 Å². The highest BCUT2D eigenvalue weighted by Crippen LogP contribution is 2.46. The summed E-state index contributed by atoms with van der Waals surface area (Å²) in [4.78, 5) is 2.73. The van der Waals surface area contributed by atoms with Crippen LogP contribution in [0.1, 0.15) is 26.2 Å². The average molecular weight is 151 g/mol. The summed E-state index contributed by atoms with van der Waals surface area (Å²) >= 11 is 0. The molecule has 3 heterocycles. The smallest absolute Gasteiger partial charge is 0.00956 e. The lowest BCUT2D eigenvalue weighted by Gasteiger charge is -2.55. The minimum atomic E-state index is 0.919. The van der Waals surface area contributed by atoms with Gasteiger partial charge in [0, 0.05) is 19.1 Å². The van der Waals surface area contributed by atoms with Crippen LogP contribution in [0.15, 0.2) is 0 Å². The Morgan fingerprint density at radius 1 is 1.00 bits per heavy atom. The van der Waals surface area contributed by atoms with Crippen LogP contribution in [0, 0.1) is 17.8 Å². The van der Waals surface area contributed by atoms with Crippen LogP contribution in [0.5, 0.6) is 0 Å². The Morgan fingerprint density at radius 3 is 2.18 bits per heavy atom. The van der Waals surface area contributed by atoms with Crippen LogP contribution >= 0.6 is 0 Å². The van der Waals surface area contributed by atoms with Crippen molar-refractivity contribution < 1.29 is 0 Å². The molecule has 0 N–H and O–H groups in total. The first kappa shape index (κ1) is 6.47. The van der Waals surface area contributed by atoms with E-state index in [9.17, 15) is 0 Å². The maximum atomic E-state index is 2.73. The monoisotopic (exact) mass is 151 g/mol. The molecule has 11 heavy (non-hydrogen) atoms. The van der Waals surface area contributed by atoms with Crippen molar-refractivity contribution in [2.45, 2.75) is 32.2 Å². The minimum absolute atomic E-state index is 0.919. The zero-order chi connectivity index (χ0) is 7.42. The molecule has 5 atom stereocenters. The Balaban J connectivity index is 1.91. The van der Waals surface area contributed by atoms with E-state index in [2.05, 4.69) is 11.8 Å². The summed E-state index contributed by atoms with van der Waals surface area (Å²) in [5.74, 6) is 3.24. The molecule has 0 aromatic carbocycles. The summed E-state index contributed by atoms with van der Waals surface area (Å²) in [6.45, 7) is 5.28. The van der Waals surface area contributed by atoms with E-state index >= 15 is 0 Å². The third kappa shape index (κ3) is 0.807. The fraction of sp³-hybridized carbons (Fsp3) is 1.00. The number of nitrogens with zero attached hydrogens (tertiary/aromatic N) is 1. The van der Waals surface area contributed by atoms with Gasteiger partial charge in [-0.1, -0.05) is 0 Å². The van der Waals surface area contributed by atoms with Gasteiger partial charge in [0.05, 0.1) is 0 Å². The molecule has 0 aromatic heterocycles.